The van der Waals surface area contributed by atoms with Crippen molar-refractivity contribution < 1.29 is 48.0 Å². The fraction of sp³-hybridized carbons (Fsp3) is 0.730. The highest BCUT2D eigenvalue weighted by atomic mass is 16.8. The summed E-state index contributed by atoms with van der Waals surface area (Å²) in [5, 5.41) is 11.4. The molecule has 2 fully saturated rings. The van der Waals surface area contributed by atoms with Crippen molar-refractivity contribution in [1.29, 1.82) is 0 Å². The maximum absolute atomic E-state index is 13.6. The van der Waals surface area contributed by atoms with E-state index >= 15 is 0 Å². The second-order valence-electron chi connectivity index (χ2n) is 14.0. The van der Waals surface area contributed by atoms with E-state index in [0.29, 0.717) is 18.4 Å². The number of unbranched alkanes of at least 4 members (excludes halogenated alkanes) is 6. The van der Waals surface area contributed by atoms with Gasteiger partial charge in [-0.15, -0.1) is 0 Å². The summed E-state index contributed by atoms with van der Waals surface area (Å²) in [5.74, 6) is -2.81. The molecule has 10 heteroatoms. The highest BCUT2D eigenvalue weighted by molar-refractivity contribution is 5.71. The van der Waals surface area contributed by atoms with Gasteiger partial charge >= 0.3 is 23.9 Å². The van der Waals surface area contributed by atoms with Crippen LogP contribution in [0.4, 0.5) is 0 Å². The molecule has 0 radical (unpaired) electrons. The largest absolute Gasteiger partial charge is 0.458 e. The van der Waals surface area contributed by atoms with Gasteiger partial charge in [-0.2, -0.15) is 0 Å². The molecule has 0 amide bonds. The summed E-state index contributed by atoms with van der Waals surface area (Å²) >= 11 is 0. The SMILES string of the molecule is C=C/C(C)=C/C[C@@]1(C)[C@@H](C)[C@H](OC(=O)CCCCCCCCC)[C@@H](OC(C)=O)[C@]23C(=C[C@H](O)C[C@@]21C)[C@@H](OC(C)=O)O[C@@H]3OC(C)=O. The molecular weight excluding hydrogens is 604 g/mol. The fourth-order valence-electron chi connectivity index (χ4n) is 8.30. The Hall–Kier alpha value is -2.98. The molecule has 1 saturated carbocycles. The van der Waals surface area contributed by atoms with Crippen LogP contribution in [0.2, 0.25) is 0 Å². The first-order chi connectivity index (χ1) is 22.1. The third-order valence-electron chi connectivity index (χ3n) is 11.0. The minimum Gasteiger partial charge on any atom is -0.458 e. The van der Waals surface area contributed by atoms with Crippen molar-refractivity contribution in [2.75, 3.05) is 0 Å². The lowest BCUT2D eigenvalue weighted by Gasteiger charge is -2.68. The first kappa shape index (κ1) is 38.5. The molecule has 1 spiro atoms. The summed E-state index contributed by atoms with van der Waals surface area (Å²) in [6.07, 6.45) is 7.44. The summed E-state index contributed by atoms with van der Waals surface area (Å²) in [7, 11) is 0. The lowest BCUT2D eigenvalue weighted by molar-refractivity contribution is -0.305. The summed E-state index contributed by atoms with van der Waals surface area (Å²) < 4.78 is 30.2. The number of allylic oxidation sites excluding steroid dienone is 3. The lowest BCUT2D eigenvalue weighted by Crippen LogP contribution is -2.74. The van der Waals surface area contributed by atoms with Gasteiger partial charge in [0, 0.05) is 38.7 Å². The number of rotatable bonds is 15. The summed E-state index contributed by atoms with van der Waals surface area (Å²) in [5.41, 5.74) is -2.09. The normalized spacial score (nSPS) is 34.7. The average Bonchev–Trinajstić information content (AvgIpc) is 3.27. The summed E-state index contributed by atoms with van der Waals surface area (Å²) in [6, 6.07) is 0. The van der Waals surface area contributed by atoms with E-state index in [-0.39, 0.29) is 12.8 Å². The Balaban J connectivity index is 2.22. The van der Waals surface area contributed by atoms with E-state index in [2.05, 4.69) is 13.5 Å². The minimum absolute atomic E-state index is 0.169. The molecule has 0 aromatic rings. The van der Waals surface area contributed by atoms with E-state index in [4.69, 9.17) is 23.7 Å². The van der Waals surface area contributed by atoms with Crippen LogP contribution in [0.5, 0.6) is 0 Å². The topological polar surface area (TPSA) is 135 Å². The van der Waals surface area contributed by atoms with E-state index in [1.54, 1.807) is 6.08 Å². The molecule has 0 bridgehead atoms. The van der Waals surface area contributed by atoms with E-state index in [9.17, 15) is 24.3 Å². The quantitative estimate of drug-likeness (QED) is 0.0670. The molecule has 0 aromatic carbocycles. The summed E-state index contributed by atoms with van der Waals surface area (Å²) in [4.78, 5) is 51.4. The predicted octanol–water partition coefficient (Wildman–Crippen LogP) is 6.64. The fourth-order valence-corrected chi connectivity index (χ4v) is 8.30. The zero-order chi connectivity index (χ0) is 35.2. The van der Waals surface area contributed by atoms with E-state index in [1.165, 1.54) is 46.1 Å². The van der Waals surface area contributed by atoms with Crippen LogP contribution in [0.3, 0.4) is 0 Å². The van der Waals surface area contributed by atoms with Gasteiger partial charge in [-0.25, -0.2) is 0 Å². The van der Waals surface area contributed by atoms with Crippen LogP contribution in [0.1, 0.15) is 120 Å². The molecule has 3 rings (SSSR count). The van der Waals surface area contributed by atoms with Crippen LogP contribution in [-0.4, -0.2) is 59.9 Å². The maximum atomic E-state index is 13.6. The highest BCUT2D eigenvalue weighted by Gasteiger charge is 2.80. The van der Waals surface area contributed by atoms with Crippen molar-refractivity contribution >= 4 is 23.9 Å². The monoisotopic (exact) mass is 660 g/mol. The van der Waals surface area contributed by atoms with Crippen LogP contribution in [0.15, 0.2) is 36.0 Å². The number of ether oxygens (including phenoxy) is 5. The number of hydrogen-bond donors (Lipinski definition) is 1. The van der Waals surface area contributed by atoms with E-state index in [1.807, 2.05) is 33.8 Å². The Labute approximate surface area is 280 Å². The second kappa shape index (κ2) is 15.9. The smallest absolute Gasteiger partial charge is 0.306 e. The predicted molar refractivity (Wildman–Crippen MR) is 175 cm³/mol. The molecule has 264 valence electrons. The second-order valence-corrected chi connectivity index (χ2v) is 14.0. The van der Waals surface area contributed by atoms with E-state index < -0.39 is 76.9 Å². The molecule has 47 heavy (non-hydrogen) atoms. The number of carbonyl (C=O) groups excluding carboxylic acids is 4. The lowest BCUT2D eigenvalue weighted by atomic mass is 9.37. The first-order valence-electron chi connectivity index (χ1n) is 17.1. The van der Waals surface area contributed by atoms with Crippen molar-refractivity contribution in [3.63, 3.8) is 0 Å². The molecule has 0 unspecified atom stereocenters. The Morgan fingerprint density at radius 1 is 0.936 bits per heavy atom. The highest BCUT2D eigenvalue weighted by Crippen LogP contribution is 2.74. The molecule has 9 atom stereocenters. The number of aliphatic hydroxyl groups is 1. The number of esters is 4. The van der Waals surface area contributed by atoms with Gasteiger partial charge in [-0.1, -0.05) is 90.5 Å². The first-order valence-corrected chi connectivity index (χ1v) is 17.1. The van der Waals surface area contributed by atoms with E-state index in [0.717, 1.165) is 24.8 Å². The molecular formula is C37H56O10. The van der Waals surface area contributed by atoms with Crippen molar-refractivity contribution in [3.8, 4) is 0 Å². The van der Waals surface area contributed by atoms with Gasteiger partial charge in [0.25, 0.3) is 0 Å². The Bertz CT molecular complexity index is 1240. The van der Waals surface area contributed by atoms with Crippen LogP contribution >= 0.6 is 0 Å². The third kappa shape index (κ3) is 7.69. The number of hydrogen-bond acceptors (Lipinski definition) is 10. The Kier molecular flexibility index (Phi) is 13.1. The van der Waals surface area contributed by atoms with Crippen molar-refractivity contribution in [1.82, 2.24) is 0 Å². The summed E-state index contributed by atoms with van der Waals surface area (Å²) in [6.45, 7) is 17.7. The molecule has 0 aromatic heterocycles. The Morgan fingerprint density at radius 3 is 2.11 bits per heavy atom. The van der Waals surface area contributed by atoms with Crippen molar-refractivity contribution in [3.05, 3.63) is 36.0 Å². The van der Waals surface area contributed by atoms with Gasteiger partial charge in [0.15, 0.2) is 6.10 Å². The number of carbonyl (C=O) groups is 4. The van der Waals surface area contributed by atoms with Gasteiger partial charge < -0.3 is 24.1 Å². The molecule has 1 aliphatic heterocycles. The van der Waals surface area contributed by atoms with Gasteiger partial charge in [0.1, 0.15) is 11.5 Å². The molecule has 1 heterocycles. The minimum atomic E-state index is -1.51. The van der Waals surface area contributed by atoms with Crippen LogP contribution in [0.25, 0.3) is 0 Å². The standard InChI is InChI=1S/C37H56O10/c1-10-12-13-14-15-16-17-18-30(42)46-31-24(4)35(8,20-19-23(3)11-2)36(9)22-28(41)21-29-33(44-26(6)39)47-34(45-27(7)40)37(29,36)32(31)43-25(5)38/h11,19,21,24,28,31-34,41H,2,10,12-18,20,22H2,1,3-9H3/b23-19+/t24-,28-,31-,32+,33-,34-,35-,36+,37-/m0/s1. The maximum Gasteiger partial charge on any atom is 0.306 e. The van der Waals surface area contributed by atoms with Crippen molar-refractivity contribution in [2.24, 2.45) is 22.2 Å². The molecule has 2 aliphatic carbocycles. The Morgan fingerprint density at radius 2 is 1.53 bits per heavy atom. The van der Waals surface area contributed by atoms with Gasteiger partial charge in [-0.3, -0.25) is 23.9 Å². The van der Waals surface area contributed by atoms with Gasteiger partial charge in [-0.05, 0) is 43.1 Å². The van der Waals surface area contributed by atoms with Crippen LogP contribution in [0, 0.1) is 22.2 Å². The zero-order valence-electron chi connectivity index (χ0n) is 29.6. The average molecular weight is 661 g/mol. The zero-order valence-corrected chi connectivity index (χ0v) is 29.6. The van der Waals surface area contributed by atoms with Gasteiger partial charge in [0.05, 0.1) is 6.10 Å². The van der Waals surface area contributed by atoms with Crippen LogP contribution in [-0.2, 0) is 42.9 Å². The van der Waals surface area contributed by atoms with Gasteiger partial charge in [0.2, 0.25) is 12.6 Å². The molecule has 3 aliphatic rings. The molecule has 1 N–H and O–H groups in total. The van der Waals surface area contributed by atoms with Crippen molar-refractivity contribution in [2.45, 2.75) is 150 Å². The van der Waals surface area contributed by atoms with Crippen LogP contribution < -0.4 is 0 Å². The third-order valence-corrected chi connectivity index (χ3v) is 11.0. The molecule has 1 saturated heterocycles. The number of aliphatic hydroxyl groups excluding tert-OH is 1. The molecule has 10 nitrogen and oxygen atoms in total.